The van der Waals surface area contributed by atoms with E-state index in [0.717, 1.165) is 11.8 Å². The molecule has 2 aromatic carbocycles. The van der Waals surface area contributed by atoms with Gasteiger partial charge in [-0.05, 0) is 30.9 Å². The molecule has 1 aliphatic rings. The van der Waals surface area contributed by atoms with Crippen molar-refractivity contribution in [2.75, 3.05) is 17.9 Å². The Bertz CT molecular complexity index is 871. The molecule has 0 spiro atoms. The van der Waals surface area contributed by atoms with Crippen LogP contribution in [0.3, 0.4) is 0 Å². The number of benzene rings is 2. The molecular formula is C17H20N2O3S. The second-order valence-corrected chi connectivity index (χ2v) is 7.74. The summed E-state index contributed by atoms with van der Waals surface area (Å²) in [7, 11) is -1.96. The summed E-state index contributed by atoms with van der Waals surface area (Å²) in [5.74, 6) is -0.201. The number of carbonyl (C=O) groups excluding carboxylic acids is 1. The highest BCUT2D eigenvalue weighted by Crippen LogP contribution is 2.41. The zero-order chi connectivity index (χ0) is 16.8. The van der Waals surface area contributed by atoms with Crippen molar-refractivity contribution in [1.29, 1.82) is 0 Å². The molecule has 23 heavy (non-hydrogen) atoms. The molecular weight excluding hydrogens is 312 g/mol. The Hall–Kier alpha value is -2.08. The quantitative estimate of drug-likeness (QED) is 0.865. The molecule has 1 amide bonds. The predicted molar refractivity (Wildman–Crippen MR) is 91.0 cm³/mol. The summed E-state index contributed by atoms with van der Waals surface area (Å²) in [5.41, 5.74) is 0.587. The van der Waals surface area contributed by atoms with E-state index in [0.29, 0.717) is 11.1 Å². The second kappa shape index (κ2) is 5.53. The van der Waals surface area contributed by atoms with Gasteiger partial charge in [0.2, 0.25) is 5.91 Å². The fraction of sp³-hybridized carbons (Fsp3) is 0.353. The minimum absolute atomic E-state index is 0.0750. The summed E-state index contributed by atoms with van der Waals surface area (Å²) in [6.07, 6.45) is 0.824. The van der Waals surface area contributed by atoms with Crippen molar-refractivity contribution < 1.29 is 13.2 Å². The van der Waals surface area contributed by atoms with Gasteiger partial charge in [0, 0.05) is 18.5 Å². The Morgan fingerprint density at radius 2 is 1.87 bits per heavy atom. The summed E-state index contributed by atoms with van der Waals surface area (Å²) >= 11 is 0. The average molecular weight is 332 g/mol. The summed E-state index contributed by atoms with van der Waals surface area (Å²) in [6.45, 7) is 3.78. The van der Waals surface area contributed by atoms with Gasteiger partial charge in [-0.1, -0.05) is 31.2 Å². The van der Waals surface area contributed by atoms with Crippen molar-refractivity contribution in [2.45, 2.75) is 31.2 Å². The van der Waals surface area contributed by atoms with Crippen molar-refractivity contribution in [1.82, 2.24) is 4.90 Å². The third-order valence-electron chi connectivity index (χ3n) is 4.61. The van der Waals surface area contributed by atoms with Gasteiger partial charge in [0.1, 0.15) is 6.54 Å². The lowest BCUT2D eigenvalue weighted by molar-refractivity contribution is -0.130. The largest absolute Gasteiger partial charge is 0.341 e. The Labute approximate surface area is 136 Å². The maximum atomic E-state index is 12.8. The first-order valence-corrected chi connectivity index (χ1v) is 9.12. The lowest BCUT2D eigenvalue weighted by Gasteiger charge is -2.27. The van der Waals surface area contributed by atoms with Crippen LogP contribution in [0.4, 0.5) is 5.69 Å². The zero-order valence-electron chi connectivity index (χ0n) is 13.5. The number of nitrogens with zero attached hydrogens (tertiary/aromatic N) is 2. The highest BCUT2D eigenvalue weighted by atomic mass is 32.2. The van der Waals surface area contributed by atoms with Crippen LogP contribution in [-0.2, 0) is 14.8 Å². The molecule has 0 saturated heterocycles. The van der Waals surface area contributed by atoms with E-state index in [1.807, 2.05) is 32.0 Å². The molecule has 1 unspecified atom stereocenters. The lowest BCUT2D eigenvalue weighted by atomic mass is 10.1. The molecule has 1 atom stereocenters. The van der Waals surface area contributed by atoms with Crippen LogP contribution in [0.1, 0.15) is 20.3 Å². The van der Waals surface area contributed by atoms with Crippen LogP contribution in [0.2, 0.25) is 0 Å². The van der Waals surface area contributed by atoms with E-state index in [2.05, 4.69) is 0 Å². The molecule has 0 fully saturated rings. The number of rotatable bonds is 4. The predicted octanol–water partition coefficient (Wildman–Crippen LogP) is 2.61. The molecule has 0 N–H and O–H groups in total. The summed E-state index contributed by atoms with van der Waals surface area (Å²) in [6, 6.07) is 10.7. The van der Waals surface area contributed by atoms with E-state index in [4.69, 9.17) is 0 Å². The molecule has 0 aromatic heterocycles. The van der Waals surface area contributed by atoms with Crippen LogP contribution < -0.4 is 4.31 Å². The molecule has 0 bridgehead atoms. The second-order valence-electron chi connectivity index (χ2n) is 5.90. The van der Waals surface area contributed by atoms with E-state index in [1.165, 1.54) is 4.31 Å². The fourth-order valence-electron chi connectivity index (χ4n) is 2.88. The molecule has 2 aromatic rings. The minimum Gasteiger partial charge on any atom is -0.341 e. The maximum absolute atomic E-state index is 12.8. The normalized spacial score (nSPS) is 16.6. The molecule has 0 saturated carbocycles. The Balaban J connectivity index is 2.03. The number of amides is 1. The number of sulfonamides is 1. The number of carbonyl (C=O) groups is 1. The van der Waals surface area contributed by atoms with Crippen LogP contribution in [0.15, 0.2) is 41.3 Å². The molecule has 0 aliphatic carbocycles. The number of hydrogen-bond acceptors (Lipinski definition) is 3. The van der Waals surface area contributed by atoms with E-state index < -0.39 is 10.0 Å². The van der Waals surface area contributed by atoms with Crippen molar-refractivity contribution >= 4 is 32.4 Å². The molecule has 5 nitrogen and oxygen atoms in total. The van der Waals surface area contributed by atoms with E-state index >= 15 is 0 Å². The maximum Gasteiger partial charge on any atom is 0.265 e. The number of anilines is 1. The van der Waals surface area contributed by atoms with Crippen LogP contribution in [0.5, 0.6) is 0 Å². The molecule has 6 heteroatoms. The number of hydrogen-bond donors (Lipinski definition) is 0. The molecule has 122 valence electrons. The third kappa shape index (κ3) is 2.37. The molecule has 1 heterocycles. The van der Waals surface area contributed by atoms with Gasteiger partial charge < -0.3 is 4.90 Å². The van der Waals surface area contributed by atoms with Crippen LogP contribution >= 0.6 is 0 Å². The molecule has 3 rings (SSSR count). The molecule has 0 radical (unpaired) electrons. The lowest BCUT2D eigenvalue weighted by Crippen LogP contribution is -2.43. The van der Waals surface area contributed by atoms with Gasteiger partial charge in [0.05, 0.1) is 10.6 Å². The average Bonchev–Trinajstić information content (AvgIpc) is 2.77. The summed E-state index contributed by atoms with van der Waals surface area (Å²) < 4.78 is 26.9. The van der Waals surface area contributed by atoms with Crippen LogP contribution in [-0.4, -0.2) is 38.9 Å². The van der Waals surface area contributed by atoms with Gasteiger partial charge in [-0.25, -0.2) is 8.42 Å². The minimum atomic E-state index is -3.67. The van der Waals surface area contributed by atoms with Crippen molar-refractivity contribution in [3.63, 3.8) is 0 Å². The first-order chi connectivity index (χ1) is 10.9. The highest BCUT2D eigenvalue weighted by molar-refractivity contribution is 7.93. The van der Waals surface area contributed by atoms with Crippen molar-refractivity contribution in [2.24, 2.45) is 0 Å². The van der Waals surface area contributed by atoms with Gasteiger partial charge in [-0.15, -0.1) is 0 Å². The SMILES string of the molecule is CCC(C)N(C)C(=O)CN1c2cccc3cccc(c23)S1(=O)=O. The van der Waals surface area contributed by atoms with Gasteiger partial charge in [-0.2, -0.15) is 0 Å². The van der Waals surface area contributed by atoms with E-state index in [-0.39, 0.29) is 23.4 Å². The summed E-state index contributed by atoms with van der Waals surface area (Å²) in [5, 5.41) is 1.57. The smallest absolute Gasteiger partial charge is 0.265 e. The Kier molecular flexibility index (Phi) is 3.80. The van der Waals surface area contributed by atoms with Crippen molar-refractivity contribution in [3.05, 3.63) is 36.4 Å². The molecule has 1 aliphatic heterocycles. The zero-order valence-corrected chi connectivity index (χ0v) is 14.3. The van der Waals surface area contributed by atoms with Crippen molar-refractivity contribution in [3.8, 4) is 0 Å². The summed E-state index contributed by atoms with van der Waals surface area (Å²) in [4.78, 5) is 14.4. The number of likely N-dealkylation sites (N-methyl/N-ethyl adjacent to an activating group) is 1. The monoisotopic (exact) mass is 332 g/mol. The van der Waals surface area contributed by atoms with E-state index in [1.54, 1.807) is 30.1 Å². The first kappa shape index (κ1) is 15.8. The Morgan fingerprint density at radius 1 is 1.22 bits per heavy atom. The van der Waals surface area contributed by atoms with Crippen LogP contribution in [0.25, 0.3) is 10.8 Å². The standard InChI is InChI=1S/C17H20N2O3S/c1-4-12(2)18(3)16(20)11-19-14-9-5-7-13-8-6-10-15(17(13)14)23(19,21)22/h5-10,12H,4,11H2,1-3H3. The topological polar surface area (TPSA) is 57.7 Å². The third-order valence-corrected chi connectivity index (χ3v) is 6.41. The van der Waals surface area contributed by atoms with Gasteiger partial charge >= 0.3 is 0 Å². The van der Waals surface area contributed by atoms with Gasteiger partial charge in [0.15, 0.2) is 0 Å². The van der Waals surface area contributed by atoms with Gasteiger partial charge in [-0.3, -0.25) is 9.10 Å². The van der Waals surface area contributed by atoms with E-state index in [9.17, 15) is 13.2 Å². The Morgan fingerprint density at radius 3 is 2.52 bits per heavy atom. The first-order valence-electron chi connectivity index (χ1n) is 7.68. The fourth-order valence-corrected chi connectivity index (χ4v) is 4.54. The van der Waals surface area contributed by atoms with Gasteiger partial charge in [0.25, 0.3) is 10.0 Å². The van der Waals surface area contributed by atoms with Crippen LogP contribution in [0, 0.1) is 0 Å². The highest BCUT2D eigenvalue weighted by Gasteiger charge is 2.37.